The minimum atomic E-state index is 0.180. The van der Waals surface area contributed by atoms with Crippen LogP contribution in [-0.2, 0) is 10.8 Å². The van der Waals surface area contributed by atoms with Gasteiger partial charge in [0.25, 0.3) is 0 Å². The summed E-state index contributed by atoms with van der Waals surface area (Å²) in [6.07, 6.45) is 0. The van der Waals surface area contributed by atoms with Crippen molar-refractivity contribution >= 4 is 21.8 Å². The van der Waals surface area contributed by atoms with Gasteiger partial charge in [0.05, 0.1) is 0 Å². The summed E-state index contributed by atoms with van der Waals surface area (Å²) in [5.41, 5.74) is 5.58. The van der Waals surface area contributed by atoms with Crippen molar-refractivity contribution in [3.8, 4) is 0 Å². The number of rotatable bonds is 0. The largest absolute Gasteiger partial charge is 0.355 e. The Hall–Kier alpha value is -1.76. The van der Waals surface area contributed by atoms with Crippen molar-refractivity contribution in [1.29, 1.82) is 0 Å². The number of fused-ring (bicyclic) bond motifs is 3. The van der Waals surface area contributed by atoms with E-state index in [9.17, 15) is 0 Å². The van der Waals surface area contributed by atoms with E-state index in [1.54, 1.807) is 0 Å². The Kier molecular flexibility index (Phi) is 2.95. The van der Waals surface area contributed by atoms with Gasteiger partial charge in [0, 0.05) is 21.8 Å². The van der Waals surface area contributed by atoms with Crippen LogP contribution < -0.4 is 0 Å². The highest BCUT2D eigenvalue weighted by Gasteiger charge is 2.17. The highest BCUT2D eigenvalue weighted by molar-refractivity contribution is 6.07. The summed E-state index contributed by atoms with van der Waals surface area (Å²) in [5.74, 6) is 0. The smallest absolute Gasteiger partial charge is 0.0465 e. The molecule has 0 saturated carbocycles. The highest BCUT2D eigenvalue weighted by atomic mass is 15.5. The summed E-state index contributed by atoms with van der Waals surface area (Å²) < 4.78 is 0. The second-order valence-electron chi connectivity index (χ2n) is 8.15. The molecule has 3 rings (SSSR count). The molecule has 1 aromatic heterocycles. The third-order valence-electron chi connectivity index (χ3n) is 4.33. The number of H-pyrrole nitrogens is 1. The van der Waals surface area contributed by atoms with Crippen LogP contribution in [0.15, 0.2) is 36.4 Å². The van der Waals surface area contributed by atoms with Gasteiger partial charge in [-0.05, 0) is 46.2 Å². The van der Waals surface area contributed by atoms with E-state index in [4.69, 9.17) is 0 Å². The van der Waals surface area contributed by atoms with Crippen LogP contribution in [-0.4, -0.2) is 4.98 Å². The third kappa shape index (κ3) is 2.46. The molecular weight excluding hydrogens is 255 g/mol. The molecule has 0 unspecified atom stereocenters. The van der Waals surface area contributed by atoms with Crippen molar-refractivity contribution in [2.45, 2.75) is 52.4 Å². The first-order chi connectivity index (χ1) is 9.66. The van der Waals surface area contributed by atoms with Gasteiger partial charge in [0.15, 0.2) is 0 Å². The van der Waals surface area contributed by atoms with Crippen molar-refractivity contribution in [2.24, 2.45) is 0 Å². The highest BCUT2D eigenvalue weighted by Crippen LogP contribution is 2.33. The fraction of sp³-hybridized carbons (Fsp3) is 0.400. The molecule has 0 fully saturated rings. The molecule has 1 N–H and O–H groups in total. The molecule has 1 heterocycles. The maximum absolute atomic E-state index is 3.54. The lowest BCUT2D eigenvalue weighted by Gasteiger charge is -2.19. The van der Waals surface area contributed by atoms with E-state index in [0.29, 0.717) is 0 Å². The van der Waals surface area contributed by atoms with E-state index >= 15 is 0 Å². The second-order valence-corrected chi connectivity index (χ2v) is 8.15. The molecule has 110 valence electrons. The van der Waals surface area contributed by atoms with E-state index in [0.717, 1.165) is 0 Å². The normalized spacial score (nSPS) is 13.2. The second kappa shape index (κ2) is 4.37. The molecular formula is C20H25N. The van der Waals surface area contributed by atoms with Crippen LogP contribution in [0.25, 0.3) is 21.8 Å². The molecule has 0 radical (unpaired) electrons. The molecule has 21 heavy (non-hydrogen) atoms. The zero-order chi connectivity index (χ0) is 15.4. The predicted molar refractivity (Wildman–Crippen MR) is 93.2 cm³/mol. The van der Waals surface area contributed by atoms with Crippen molar-refractivity contribution in [3.63, 3.8) is 0 Å². The molecule has 0 amide bonds. The molecule has 0 aliphatic heterocycles. The lowest BCUT2D eigenvalue weighted by Crippen LogP contribution is -2.10. The average molecular weight is 280 g/mol. The van der Waals surface area contributed by atoms with Crippen LogP contribution >= 0.6 is 0 Å². The Balaban J connectivity index is 2.31. The molecule has 0 atom stereocenters. The van der Waals surface area contributed by atoms with Gasteiger partial charge in [-0.2, -0.15) is 0 Å². The summed E-state index contributed by atoms with van der Waals surface area (Å²) in [7, 11) is 0. The Bertz CT molecular complexity index is 739. The zero-order valence-corrected chi connectivity index (χ0v) is 14.0. The molecule has 1 heteroatoms. The van der Waals surface area contributed by atoms with E-state index in [1.165, 1.54) is 32.9 Å². The van der Waals surface area contributed by atoms with Gasteiger partial charge in [0.2, 0.25) is 0 Å². The van der Waals surface area contributed by atoms with Gasteiger partial charge in [-0.3, -0.25) is 0 Å². The molecule has 3 aromatic rings. The summed E-state index contributed by atoms with van der Waals surface area (Å²) in [5, 5.41) is 2.67. The maximum Gasteiger partial charge on any atom is 0.0465 e. The van der Waals surface area contributed by atoms with Crippen LogP contribution in [0.1, 0.15) is 52.7 Å². The maximum atomic E-state index is 3.54. The summed E-state index contributed by atoms with van der Waals surface area (Å²) in [6, 6.07) is 13.6. The minimum absolute atomic E-state index is 0.180. The van der Waals surface area contributed by atoms with Gasteiger partial charge >= 0.3 is 0 Å². The van der Waals surface area contributed by atoms with Gasteiger partial charge in [0.1, 0.15) is 0 Å². The summed E-state index contributed by atoms with van der Waals surface area (Å²) >= 11 is 0. The summed E-state index contributed by atoms with van der Waals surface area (Å²) in [6.45, 7) is 13.6. The molecule has 0 saturated heterocycles. The van der Waals surface area contributed by atoms with Crippen LogP contribution in [0.3, 0.4) is 0 Å². The molecule has 0 bridgehead atoms. The first kappa shape index (κ1) is 14.2. The van der Waals surface area contributed by atoms with Gasteiger partial charge in [-0.25, -0.2) is 0 Å². The lowest BCUT2D eigenvalue weighted by molar-refractivity contribution is 0.590. The number of aromatic amines is 1. The van der Waals surface area contributed by atoms with E-state index in [1.807, 2.05) is 0 Å². The SMILES string of the molecule is CC(C)(C)c1ccc2[15nH]c3ccc(C(C)(C)C)cc3c2c1. The topological polar surface area (TPSA) is 15.8 Å². The van der Waals surface area contributed by atoms with Crippen LogP contribution in [0, 0.1) is 0 Å². The van der Waals surface area contributed by atoms with Gasteiger partial charge < -0.3 is 4.98 Å². The number of hydrogen-bond donors (Lipinski definition) is 1. The predicted octanol–water partition coefficient (Wildman–Crippen LogP) is 5.92. The lowest BCUT2D eigenvalue weighted by atomic mass is 9.85. The minimum Gasteiger partial charge on any atom is -0.355 e. The molecule has 0 aliphatic rings. The zero-order valence-electron chi connectivity index (χ0n) is 14.0. The Morgan fingerprint density at radius 1 is 0.619 bits per heavy atom. The molecule has 2 aromatic carbocycles. The van der Waals surface area contributed by atoms with E-state index < -0.39 is 0 Å². The fourth-order valence-electron chi connectivity index (χ4n) is 2.83. The average Bonchev–Trinajstić information content (AvgIpc) is 2.73. The van der Waals surface area contributed by atoms with Gasteiger partial charge in [-0.1, -0.05) is 53.7 Å². The molecule has 1 nitrogen and oxygen atoms in total. The monoisotopic (exact) mass is 280 g/mol. The van der Waals surface area contributed by atoms with Crippen LogP contribution in [0.5, 0.6) is 0 Å². The van der Waals surface area contributed by atoms with Gasteiger partial charge in [-0.15, -0.1) is 0 Å². The number of benzene rings is 2. The standard InChI is InChI=1S/C20H25N/c1-19(2,3)13-7-9-17-15(11-13)16-12-14(20(4,5)6)8-10-18(16)21-17/h7-12,21H,1-6H3/i21+1. The molecule has 0 spiro atoms. The first-order valence-corrected chi connectivity index (χ1v) is 7.73. The quantitative estimate of drug-likeness (QED) is 0.526. The number of nitrogens with one attached hydrogen (secondary N) is 1. The summed E-state index contributed by atoms with van der Waals surface area (Å²) in [4.78, 5) is 3.54. The first-order valence-electron chi connectivity index (χ1n) is 7.73. The number of hydrogen-bond acceptors (Lipinski definition) is 0. The third-order valence-corrected chi connectivity index (χ3v) is 4.33. The van der Waals surface area contributed by atoms with Crippen molar-refractivity contribution < 1.29 is 0 Å². The van der Waals surface area contributed by atoms with E-state index in [2.05, 4.69) is 82.9 Å². The van der Waals surface area contributed by atoms with Crippen molar-refractivity contribution in [3.05, 3.63) is 47.5 Å². The van der Waals surface area contributed by atoms with Crippen LogP contribution in [0.2, 0.25) is 0 Å². The van der Waals surface area contributed by atoms with Crippen molar-refractivity contribution in [2.75, 3.05) is 0 Å². The fourth-order valence-corrected chi connectivity index (χ4v) is 2.83. The Labute approximate surface area is 127 Å². The Morgan fingerprint density at radius 2 is 1.00 bits per heavy atom. The molecule has 0 aliphatic carbocycles. The van der Waals surface area contributed by atoms with Crippen molar-refractivity contribution in [1.82, 2.24) is 4.98 Å². The Morgan fingerprint density at radius 3 is 1.33 bits per heavy atom. The number of aromatic nitrogens is 1. The van der Waals surface area contributed by atoms with E-state index in [-0.39, 0.29) is 10.8 Å². The van der Waals surface area contributed by atoms with Crippen LogP contribution in [0.4, 0.5) is 0 Å².